The van der Waals surface area contributed by atoms with E-state index in [9.17, 15) is 9.59 Å². The molecule has 6 heteroatoms. The van der Waals surface area contributed by atoms with Crippen LogP contribution in [0.2, 0.25) is 0 Å². The van der Waals surface area contributed by atoms with Gasteiger partial charge in [0.2, 0.25) is 0 Å². The highest BCUT2D eigenvalue weighted by atomic mass is 33.1. The minimum Gasteiger partial charge on any atom is -0.455 e. The lowest BCUT2D eigenvalue weighted by atomic mass is 10.7. The van der Waals surface area contributed by atoms with Crippen LogP contribution in [-0.4, -0.2) is 36.7 Å². The molecule has 0 aliphatic carbocycles. The van der Waals surface area contributed by atoms with Crippen LogP contribution in [0, 0.1) is 24.7 Å². The van der Waals surface area contributed by atoms with Gasteiger partial charge in [-0.15, -0.1) is 12.8 Å². The number of ether oxygens (including phenoxy) is 2. The quantitative estimate of drug-likeness (QED) is 0.220. The molecule has 0 aromatic carbocycles. The molecular weight excluding hydrogens is 248 g/mol. The van der Waals surface area contributed by atoms with E-state index in [4.69, 9.17) is 12.8 Å². The van der Waals surface area contributed by atoms with E-state index in [0.717, 1.165) is 0 Å². The summed E-state index contributed by atoms with van der Waals surface area (Å²) in [6, 6.07) is 0. The van der Waals surface area contributed by atoms with Crippen molar-refractivity contribution in [2.24, 2.45) is 0 Å². The lowest BCUT2D eigenvalue weighted by Crippen LogP contribution is -2.05. The number of esters is 2. The molecule has 0 saturated carbocycles. The molecular formula is C10H10O4S2. The molecule has 0 heterocycles. The summed E-state index contributed by atoms with van der Waals surface area (Å²) in [5.41, 5.74) is 0. The topological polar surface area (TPSA) is 52.6 Å². The molecule has 0 atom stereocenters. The van der Waals surface area contributed by atoms with Crippen molar-refractivity contribution in [3.63, 3.8) is 0 Å². The number of hydrogen-bond acceptors (Lipinski definition) is 6. The van der Waals surface area contributed by atoms with Crippen molar-refractivity contribution in [1.29, 1.82) is 0 Å². The summed E-state index contributed by atoms with van der Waals surface area (Å²) in [5, 5.41) is 0. The van der Waals surface area contributed by atoms with E-state index in [1.165, 1.54) is 21.6 Å². The van der Waals surface area contributed by atoms with Crippen LogP contribution in [0.15, 0.2) is 0 Å². The monoisotopic (exact) mass is 258 g/mol. The van der Waals surface area contributed by atoms with Crippen LogP contribution >= 0.6 is 21.6 Å². The third-order valence-corrected chi connectivity index (χ3v) is 3.45. The molecule has 0 bridgehead atoms. The Balaban J connectivity index is 3.17. The van der Waals surface area contributed by atoms with Crippen LogP contribution in [0.4, 0.5) is 0 Å². The maximum Gasteiger partial charge on any atom is 0.384 e. The Labute approximate surface area is 102 Å². The number of carbonyl (C=O) groups is 2. The third kappa shape index (κ3) is 9.32. The summed E-state index contributed by atoms with van der Waals surface area (Å²) in [4.78, 5) is 21.0. The number of hydrogen-bond donors (Lipinski definition) is 0. The molecule has 0 fully saturated rings. The molecule has 4 nitrogen and oxygen atoms in total. The van der Waals surface area contributed by atoms with Crippen molar-refractivity contribution in [3.05, 3.63) is 0 Å². The predicted octanol–water partition coefficient (Wildman–Crippen LogP) is 0.721. The van der Waals surface area contributed by atoms with Crippen LogP contribution in [0.5, 0.6) is 0 Å². The number of carbonyl (C=O) groups excluding carboxylic acids is 2. The van der Waals surface area contributed by atoms with Crippen LogP contribution in [0.25, 0.3) is 0 Å². The highest BCUT2D eigenvalue weighted by Crippen LogP contribution is 2.20. The SMILES string of the molecule is C#CC(=O)OCCSSCCOC(=O)C#C. The molecule has 0 saturated heterocycles. The van der Waals surface area contributed by atoms with Gasteiger partial charge < -0.3 is 9.47 Å². The zero-order chi connectivity index (χ0) is 12.2. The van der Waals surface area contributed by atoms with Gasteiger partial charge in [0.05, 0.1) is 0 Å². The van der Waals surface area contributed by atoms with Gasteiger partial charge in [-0.05, 0) is 0 Å². The fourth-order valence-corrected chi connectivity index (χ4v) is 2.19. The van der Waals surface area contributed by atoms with Gasteiger partial charge in [-0.1, -0.05) is 21.6 Å². The molecule has 0 amide bonds. The van der Waals surface area contributed by atoms with Crippen LogP contribution < -0.4 is 0 Å². The summed E-state index contributed by atoms with van der Waals surface area (Å²) in [6.07, 6.45) is 9.59. The van der Waals surface area contributed by atoms with E-state index in [-0.39, 0.29) is 13.2 Å². The normalized spacial score (nSPS) is 8.62. The molecule has 86 valence electrons. The van der Waals surface area contributed by atoms with Crippen molar-refractivity contribution in [1.82, 2.24) is 0 Å². The second-order valence-electron chi connectivity index (χ2n) is 2.20. The Morgan fingerprint density at radius 3 is 1.62 bits per heavy atom. The highest BCUT2D eigenvalue weighted by molar-refractivity contribution is 8.76. The first-order chi connectivity index (χ1) is 7.70. The second kappa shape index (κ2) is 10.3. The Hall–Kier alpha value is -1.24. The summed E-state index contributed by atoms with van der Waals surface area (Å²) in [6.45, 7) is 0.537. The standard InChI is InChI=1S/C10H10O4S2/c1-3-9(11)13-5-7-15-16-8-6-14-10(12)4-2/h1-2H,5-8H2. The molecule has 0 radical (unpaired) electrons. The van der Waals surface area contributed by atoms with Gasteiger partial charge in [-0.3, -0.25) is 0 Å². The number of rotatable bonds is 7. The van der Waals surface area contributed by atoms with Gasteiger partial charge in [0.25, 0.3) is 0 Å². The van der Waals surface area contributed by atoms with Crippen LogP contribution in [0.1, 0.15) is 0 Å². The first-order valence-electron chi connectivity index (χ1n) is 4.22. The number of terminal acetylenes is 2. The van der Waals surface area contributed by atoms with Crippen molar-refractivity contribution < 1.29 is 19.1 Å². The average molecular weight is 258 g/mol. The molecule has 0 aliphatic rings. The zero-order valence-corrected chi connectivity index (χ0v) is 10.1. The van der Waals surface area contributed by atoms with E-state index in [1.54, 1.807) is 0 Å². The first-order valence-corrected chi connectivity index (χ1v) is 6.70. The summed E-state index contributed by atoms with van der Waals surface area (Å²) < 4.78 is 9.26. The van der Waals surface area contributed by atoms with E-state index >= 15 is 0 Å². The van der Waals surface area contributed by atoms with Gasteiger partial charge in [0.1, 0.15) is 13.2 Å². The molecule has 0 aliphatic heterocycles. The Morgan fingerprint density at radius 1 is 0.938 bits per heavy atom. The maximum absolute atomic E-state index is 10.5. The third-order valence-electron chi connectivity index (χ3n) is 1.12. The van der Waals surface area contributed by atoms with Gasteiger partial charge in [0, 0.05) is 23.3 Å². The van der Waals surface area contributed by atoms with Gasteiger partial charge in [0.15, 0.2) is 0 Å². The lowest BCUT2D eigenvalue weighted by Gasteiger charge is -2.01. The minimum atomic E-state index is -0.659. The first kappa shape index (κ1) is 14.8. The van der Waals surface area contributed by atoms with Gasteiger partial charge in [-0.25, -0.2) is 9.59 Å². The van der Waals surface area contributed by atoms with E-state index in [2.05, 4.69) is 9.47 Å². The van der Waals surface area contributed by atoms with Crippen molar-refractivity contribution >= 4 is 33.5 Å². The summed E-state index contributed by atoms with van der Waals surface area (Å²) in [7, 11) is 2.99. The molecule has 0 rings (SSSR count). The molecule has 0 N–H and O–H groups in total. The maximum atomic E-state index is 10.5. The Kier molecular flexibility index (Phi) is 9.49. The second-order valence-corrected chi connectivity index (χ2v) is 4.91. The Morgan fingerprint density at radius 2 is 1.31 bits per heavy atom. The Bertz CT molecular complexity index is 282. The van der Waals surface area contributed by atoms with E-state index in [1.807, 2.05) is 11.8 Å². The van der Waals surface area contributed by atoms with Crippen molar-refractivity contribution in [3.8, 4) is 24.7 Å². The predicted molar refractivity (Wildman–Crippen MR) is 64.5 cm³/mol. The van der Waals surface area contributed by atoms with Crippen LogP contribution in [0.3, 0.4) is 0 Å². The smallest absolute Gasteiger partial charge is 0.384 e. The summed E-state index contributed by atoms with van der Waals surface area (Å²) >= 11 is 0. The van der Waals surface area contributed by atoms with Crippen molar-refractivity contribution in [2.75, 3.05) is 24.7 Å². The molecule has 0 aromatic rings. The van der Waals surface area contributed by atoms with Gasteiger partial charge in [-0.2, -0.15) is 0 Å². The largest absolute Gasteiger partial charge is 0.455 e. The lowest BCUT2D eigenvalue weighted by molar-refractivity contribution is -0.136. The highest BCUT2D eigenvalue weighted by Gasteiger charge is 1.98. The fourth-order valence-electron chi connectivity index (χ4n) is 0.538. The van der Waals surface area contributed by atoms with Gasteiger partial charge >= 0.3 is 11.9 Å². The molecule has 0 spiro atoms. The van der Waals surface area contributed by atoms with Crippen molar-refractivity contribution in [2.45, 2.75) is 0 Å². The molecule has 0 unspecified atom stereocenters. The minimum absolute atomic E-state index is 0.269. The van der Waals surface area contributed by atoms with Crippen LogP contribution in [-0.2, 0) is 19.1 Å². The van der Waals surface area contributed by atoms with E-state index < -0.39 is 11.9 Å². The fraction of sp³-hybridized carbons (Fsp3) is 0.400. The van der Waals surface area contributed by atoms with E-state index in [0.29, 0.717) is 11.5 Å². The molecule has 0 aromatic heterocycles. The zero-order valence-electron chi connectivity index (χ0n) is 8.43. The average Bonchev–Trinajstić information content (AvgIpc) is 2.31. The molecule has 16 heavy (non-hydrogen) atoms. The summed E-state index contributed by atoms with van der Waals surface area (Å²) in [5.74, 6) is 3.62.